The maximum Gasteiger partial charge on any atom is 0.239 e. The van der Waals surface area contributed by atoms with Gasteiger partial charge < -0.3 is 15.5 Å². The van der Waals surface area contributed by atoms with E-state index < -0.39 is 6.04 Å². The van der Waals surface area contributed by atoms with Gasteiger partial charge in [-0.15, -0.1) is 24.8 Å². The predicted octanol–water partition coefficient (Wildman–Crippen LogP) is 3.11. The van der Waals surface area contributed by atoms with Gasteiger partial charge in [-0.25, -0.2) is 0 Å². The van der Waals surface area contributed by atoms with Crippen molar-refractivity contribution in [2.75, 3.05) is 31.1 Å². The van der Waals surface area contributed by atoms with E-state index >= 15 is 0 Å². The monoisotopic (exact) mass is 430 g/mol. The van der Waals surface area contributed by atoms with Crippen molar-refractivity contribution in [1.29, 1.82) is 0 Å². The zero-order valence-electron chi connectivity index (χ0n) is 15.2. The third kappa shape index (κ3) is 5.98. The highest BCUT2D eigenvalue weighted by molar-refractivity contribution is 6.30. The Bertz CT molecular complexity index is 734. The molecule has 27 heavy (non-hydrogen) atoms. The van der Waals surface area contributed by atoms with Crippen molar-refractivity contribution in [3.05, 3.63) is 58.9 Å². The number of pyridine rings is 1. The van der Waals surface area contributed by atoms with Gasteiger partial charge in [0.2, 0.25) is 5.91 Å². The average Bonchev–Trinajstić information content (AvgIpc) is 2.63. The van der Waals surface area contributed by atoms with Gasteiger partial charge in [0.1, 0.15) is 0 Å². The first-order chi connectivity index (χ1) is 12.0. The smallest absolute Gasteiger partial charge is 0.239 e. The number of amides is 1. The van der Waals surface area contributed by atoms with Crippen molar-refractivity contribution >= 4 is 48.0 Å². The summed E-state index contributed by atoms with van der Waals surface area (Å²) < 4.78 is 0. The van der Waals surface area contributed by atoms with E-state index in [0.29, 0.717) is 24.5 Å². The second-order valence-corrected chi connectivity index (χ2v) is 6.85. The van der Waals surface area contributed by atoms with Crippen molar-refractivity contribution in [3.8, 4) is 0 Å². The molecule has 148 valence electrons. The number of carbonyl (C=O) groups excluding carboxylic acids is 1. The lowest BCUT2D eigenvalue weighted by Gasteiger charge is -2.37. The first-order valence-electron chi connectivity index (χ1n) is 8.49. The Kier molecular flexibility index (Phi) is 9.33. The summed E-state index contributed by atoms with van der Waals surface area (Å²) in [4.78, 5) is 20.9. The maximum absolute atomic E-state index is 12.6. The van der Waals surface area contributed by atoms with E-state index in [2.05, 4.69) is 16.8 Å². The minimum Gasteiger partial charge on any atom is -0.368 e. The summed E-state index contributed by atoms with van der Waals surface area (Å²) in [7, 11) is 0. The van der Waals surface area contributed by atoms with Crippen LogP contribution >= 0.6 is 36.4 Å². The van der Waals surface area contributed by atoms with Gasteiger partial charge in [-0.1, -0.05) is 23.7 Å². The summed E-state index contributed by atoms with van der Waals surface area (Å²) in [6.45, 7) is 5.06. The van der Waals surface area contributed by atoms with Crippen molar-refractivity contribution < 1.29 is 4.79 Å². The minimum absolute atomic E-state index is 0. The minimum atomic E-state index is -0.518. The van der Waals surface area contributed by atoms with Crippen molar-refractivity contribution in [1.82, 2.24) is 9.88 Å². The number of piperazine rings is 1. The van der Waals surface area contributed by atoms with E-state index in [1.54, 1.807) is 0 Å². The molecule has 0 bridgehead atoms. The van der Waals surface area contributed by atoms with Crippen LogP contribution in [0.25, 0.3) is 0 Å². The fourth-order valence-corrected chi connectivity index (χ4v) is 3.31. The Morgan fingerprint density at radius 2 is 1.78 bits per heavy atom. The van der Waals surface area contributed by atoms with Crippen LogP contribution in [0.5, 0.6) is 0 Å². The first kappa shape index (κ1) is 23.5. The quantitative estimate of drug-likeness (QED) is 0.808. The highest BCUT2D eigenvalue weighted by Crippen LogP contribution is 2.20. The second kappa shape index (κ2) is 10.7. The maximum atomic E-state index is 12.6. The normalized spacial score (nSPS) is 14.8. The van der Waals surface area contributed by atoms with E-state index in [1.165, 1.54) is 5.69 Å². The third-order valence-corrected chi connectivity index (χ3v) is 4.86. The van der Waals surface area contributed by atoms with Crippen LogP contribution in [-0.4, -0.2) is 48.0 Å². The van der Waals surface area contributed by atoms with Gasteiger partial charge in [0.25, 0.3) is 0 Å². The first-order valence-corrected chi connectivity index (χ1v) is 8.87. The molecule has 1 aromatic heterocycles. The number of aryl methyl sites for hydroxylation is 1. The zero-order chi connectivity index (χ0) is 17.8. The zero-order valence-corrected chi connectivity index (χ0v) is 17.6. The van der Waals surface area contributed by atoms with Gasteiger partial charge in [-0.2, -0.15) is 0 Å². The molecule has 8 heteroatoms. The molecule has 1 aliphatic rings. The van der Waals surface area contributed by atoms with Gasteiger partial charge in [0.05, 0.1) is 6.04 Å². The standard InChI is InChI=1S/C19H23ClN4O.2ClH/c1-14-13-22-7-6-18(14)23-8-10-24(11-9-23)19(25)17(21)12-15-2-4-16(20)5-3-15;;/h2-7,13,17H,8-12,21H2,1H3;2*1H/t17-;;/m1../s1. The lowest BCUT2D eigenvalue weighted by Crippen LogP contribution is -2.53. The molecule has 1 aromatic carbocycles. The van der Waals surface area contributed by atoms with Crippen molar-refractivity contribution in [3.63, 3.8) is 0 Å². The lowest BCUT2D eigenvalue weighted by atomic mass is 10.1. The van der Waals surface area contributed by atoms with E-state index in [9.17, 15) is 4.79 Å². The molecule has 2 heterocycles. The Hall–Kier alpha value is -1.53. The number of rotatable bonds is 4. The van der Waals surface area contributed by atoms with Crippen LogP contribution in [-0.2, 0) is 11.2 Å². The predicted molar refractivity (Wildman–Crippen MR) is 115 cm³/mol. The van der Waals surface area contributed by atoms with Crippen LogP contribution < -0.4 is 10.6 Å². The third-order valence-electron chi connectivity index (χ3n) is 4.61. The molecule has 0 saturated carbocycles. The summed E-state index contributed by atoms with van der Waals surface area (Å²) in [5, 5.41) is 0.686. The molecule has 1 saturated heterocycles. The number of nitrogens with two attached hydrogens (primary N) is 1. The molecule has 2 aromatic rings. The summed E-state index contributed by atoms with van der Waals surface area (Å²) in [5.41, 5.74) is 9.51. The van der Waals surface area contributed by atoms with Crippen LogP contribution in [0.1, 0.15) is 11.1 Å². The van der Waals surface area contributed by atoms with Gasteiger partial charge in [-0.05, 0) is 42.7 Å². The molecule has 0 unspecified atom stereocenters. The number of carbonyl (C=O) groups is 1. The van der Waals surface area contributed by atoms with E-state index in [0.717, 1.165) is 24.2 Å². The second-order valence-electron chi connectivity index (χ2n) is 6.41. The Morgan fingerprint density at radius 3 is 2.37 bits per heavy atom. The Labute approximate surface area is 177 Å². The molecule has 2 N–H and O–H groups in total. The molecule has 0 radical (unpaired) electrons. The highest BCUT2D eigenvalue weighted by Gasteiger charge is 2.25. The van der Waals surface area contributed by atoms with Crippen LogP contribution in [0.4, 0.5) is 5.69 Å². The number of hydrogen-bond acceptors (Lipinski definition) is 4. The summed E-state index contributed by atoms with van der Waals surface area (Å²) >= 11 is 5.89. The van der Waals surface area contributed by atoms with E-state index in [-0.39, 0.29) is 30.7 Å². The fourth-order valence-electron chi connectivity index (χ4n) is 3.18. The van der Waals surface area contributed by atoms with Crippen molar-refractivity contribution in [2.45, 2.75) is 19.4 Å². The number of anilines is 1. The Morgan fingerprint density at radius 1 is 1.15 bits per heavy atom. The number of halogens is 3. The summed E-state index contributed by atoms with van der Waals surface area (Å²) in [6.07, 6.45) is 4.20. The topological polar surface area (TPSA) is 62.5 Å². The molecule has 0 aliphatic carbocycles. The van der Waals surface area contributed by atoms with Gasteiger partial charge in [-0.3, -0.25) is 9.78 Å². The van der Waals surface area contributed by atoms with Crippen LogP contribution in [0.3, 0.4) is 0 Å². The molecule has 1 atom stereocenters. The molecule has 1 aliphatic heterocycles. The molecular formula is C19H25Cl3N4O. The van der Waals surface area contributed by atoms with Gasteiger partial charge in [0.15, 0.2) is 0 Å². The van der Waals surface area contributed by atoms with Gasteiger partial charge >= 0.3 is 0 Å². The average molecular weight is 432 g/mol. The van der Waals surface area contributed by atoms with Crippen LogP contribution in [0.15, 0.2) is 42.7 Å². The van der Waals surface area contributed by atoms with E-state index in [1.807, 2.05) is 47.6 Å². The summed E-state index contributed by atoms with van der Waals surface area (Å²) in [5.74, 6) is 0.0149. The lowest BCUT2D eigenvalue weighted by molar-refractivity contribution is -0.132. The molecule has 3 rings (SSSR count). The number of nitrogens with zero attached hydrogens (tertiary/aromatic N) is 3. The van der Waals surface area contributed by atoms with E-state index in [4.69, 9.17) is 17.3 Å². The molecular weight excluding hydrogens is 407 g/mol. The number of hydrogen-bond donors (Lipinski definition) is 1. The number of benzene rings is 1. The Balaban J connectivity index is 0.00000182. The molecule has 5 nitrogen and oxygen atoms in total. The molecule has 1 fully saturated rings. The SMILES string of the molecule is Cc1cnccc1N1CCN(C(=O)[C@H](N)Cc2ccc(Cl)cc2)CC1.Cl.Cl. The highest BCUT2D eigenvalue weighted by atomic mass is 35.5. The number of aromatic nitrogens is 1. The largest absolute Gasteiger partial charge is 0.368 e. The van der Waals surface area contributed by atoms with Gasteiger partial charge in [0, 0.05) is 49.3 Å². The van der Waals surface area contributed by atoms with Crippen LogP contribution in [0, 0.1) is 6.92 Å². The van der Waals surface area contributed by atoms with Crippen LogP contribution in [0.2, 0.25) is 5.02 Å². The van der Waals surface area contributed by atoms with Crippen molar-refractivity contribution in [2.24, 2.45) is 5.73 Å². The fraction of sp³-hybridized carbons (Fsp3) is 0.368. The summed E-state index contributed by atoms with van der Waals surface area (Å²) in [6, 6.07) is 8.99. The molecule has 1 amide bonds. The molecule has 0 spiro atoms.